The molecule has 3 N–H and O–H groups in total. The van der Waals surface area contributed by atoms with Crippen molar-refractivity contribution in [1.82, 2.24) is 10.2 Å². The standard InChI is InChI=1S/C13H27N3O2.2ClH/c1-11(14)5-6-13(17)15-10-12-4-3-7-16(12)8-9-18-2;;/h11-12H,3-10,14H2,1-2H3,(H,15,17);2*1H. The Hall–Kier alpha value is -0.0700. The van der Waals surface area contributed by atoms with Crippen LogP contribution in [0.15, 0.2) is 0 Å². The quantitative estimate of drug-likeness (QED) is 0.701. The molecule has 0 aromatic rings. The number of hydrogen-bond acceptors (Lipinski definition) is 4. The number of ether oxygens (including phenoxy) is 1. The van der Waals surface area contributed by atoms with E-state index in [0.717, 1.165) is 39.1 Å². The molecule has 2 atom stereocenters. The smallest absolute Gasteiger partial charge is 0.220 e. The summed E-state index contributed by atoms with van der Waals surface area (Å²) in [5.41, 5.74) is 5.63. The summed E-state index contributed by atoms with van der Waals surface area (Å²) < 4.78 is 5.10. The number of halogens is 2. The van der Waals surface area contributed by atoms with Crippen molar-refractivity contribution in [2.45, 2.75) is 44.7 Å². The van der Waals surface area contributed by atoms with Crippen molar-refractivity contribution in [3.05, 3.63) is 0 Å². The highest BCUT2D eigenvalue weighted by molar-refractivity contribution is 5.85. The lowest BCUT2D eigenvalue weighted by Crippen LogP contribution is -2.41. The van der Waals surface area contributed by atoms with E-state index in [4.69, 9.17) is 10.5 Å². The van der Waals surface area contributed by atoms with E-state index >= 15 is 0 Å². The molecule has 0 aromatic carbocycles. The Balaban J connectivity index is 0. The van der Waals surface area contributed by atoms with Crippen LogP contribution < -0.4 is 11.1 Å². The van der Waals surface area contributed by atoms with Crippen molar-refractivity contribution in [2.75, 3.05) is 33.4 Å². The van der Waals surface area contributed by atoms with Crippen LogP contribution in [-0.4, -0.2) is 56.2 Å². The number of carbonyl (C=O) groups is 1. The number of nitrogens with zero attached hydrogens (tertiary/aromatic N) is 1. The molecule has 1 aliphatic rings. The second-order valence-corrected chi connectivity index (χ2v) is 5.14. The molecule has 1 fully saturated rings. The van der Waals surface area contributed by atoms with Gasteiger partial charge in [0.05, 0.1) is 6.61 Å². The summed E-state index contributed by atoms with van der Waals surface area (Å²) in [7, 11) is 1.72. The van der Waals surface area contributed by atoms with Gasteiger partial charge in [-0.15, -0.1) is 24.8 Å². The maximum absolute atomic E-state index is 11.6. The number of amides is 1. The summed E-state index contributed by atoms with van der Waals surface area (Å²) >= 11 is 0. The Morgan fingerprint density at radius 1 is 1.50 bits per heavy atom. The number of methoxy groups -OCH3 is 1. The van der Waals surface area contributed by atoms with E-state index in [-0.39, 0.29) is 36.8 Å². The van der Waals surface area contributed by atoms with Crippen molar-refractivity contribution in [3.8, 4) is 0 Å². The Labute approximate surface area is 134 Å². The van der Waals surface area contributed by atoms with Crippen LogP contribution >= 0.6 is 24.8 Å². The van der Waals surface area contributed by atoms with E-state index in [0.29, 0.717) is 12.5 Å². The first-order chi connectivity index (χ1) is 8.63. The van der Waals surface area contributed by atoms with E-state index < -0.39 is 0 Å². The number of nitrogens with one attached hydrogen (secondary N) is 1. The van der Waals surface area contributed by atoms with Gasteiger partial charge in [-0.2, -0.15) is 0 Å². The van der Waals surface area contributed by atoms with E-state index in [9.17, 15) is 4.79 Å². The zero-order chi connectivity index (χ0) is 13.4. The molecule has 0 saturated carbocycles. The molecule has 1 rings (SSSR count). The first kappa shape index (κ1) is 22.2. The van der Waals surface area contributed by atoms with Crippen molar-refractivity contribution in [1.29, 1.82) is 0 Å². The molecule has 0 bridgehead atoms. The zero-order valence-electron chi connectivity index (χ0n) is 12.5. The number of likely N-dealkylation sites (tertiary alicyclic amines) is 1. The van der Waals surface area contributed by atoms with Crippen LogP contribution in [0.25, 0.3) is 0 Å². The molecule has 0 radical (unpaired) electrons. The zero-order valence-corrected chi connectivity index (χ0v) is 14.1. The molecular formula is C13H29Cl2N3O2. The van der Waals surface area contributed by atoms with Crippen molar-refractivity contribution < 1.29 is 9.53 Å². The Morgan fingerprint density at radius 3 is 2.80 bits per heavy atom. The minimum Gasteiger partial charge on any atom is -0.383 e. The SMILES string of the molecule is COCCN1CCCC1CNC(=O)CCC(C)N.Cl.Cl. The minimum absolute atomic E-state index is 0. The Bertz CT molecular complexity index is 256. The highest BCUT2D eigenvalue weighted by Crippen LogP contribution is 2.15. The number of rotatable bonds is 8. The van der Waals surface area contributed by atoms with Gasteiger partial charge in [-0.25, -0.2) is 0 Å². The van der Waals surface area contributed by atoms with Gasteiger partial charge in [-0.05, 0) is 32.7 Å². The van der Waals surface area contributed by atoms with Gasteiger partial charge in [0.2, 0.25) is 5.91 Å². The number of hydrogen-bond donors (Lipinski definition) is 2. The molecular weight excluding hydrogens is 301 g/mol. The molecule has 1 aliphatic heterocycles. The maximum atomic E-state index is 11.6. The lowest BCUT2D eigenvalue weighted by Gasteiger charge is -2.24. The second-order valence-electron chi connectivity index (χ2n) is 5.14. The molecule has 0 aromatic heterocycles. The normalized spacial score (nSPS) is 19.9. The fraction of sp³-hybridized carbons (Fsp3) is 0.923. The molecule has 20 heavy (non-hydrogen) atoms. The fourth-order valence-electron chi connectivity index (χ4n) is 2.31. The summed E-state index contributed by atoms with van der Waals surface area (Å²) in [5.74, 6) is 0.117. The molecule has 2 unspecified atom stereocenters. The molecule has 7 heteroatoms. The molecule has 122 valence electrons. The topological polar surface area (TPSA) is 67.6 Å². The molecule has 1 heterocycles. The summed E-state index contributed by atoms with van der Waals surface area (Å²) in [6.07, 6.45) is 3.66. The van der Waals surface area contributed by atoms with Gasteiger partial charge in [0.1, 0.15) is 0 Å². The molecule has 0 aliphatic carbocycles. The number of carbonyl (C=O) groups excluding carboxylic acids is 1. The Kier molecular flexibility index (Phi) is 14.1. The third kappa shape index (κ3) is 8.97. The predicted octanol–water partition coefficient (Wildman–Crippen LogP) is 1.18. The van der Waals surface area contributed by atoms with E-state index in [1.807, 2.05) is 6.92 Å². The van der Waals surface area contributed by atoms with Crippen LogP contribution in [0, 0.1) is 0 Å². The van der Waals surface area contributed by atoms with E-state index in [1.54, 1.807) is 7.11 Å². The minimum atomic E-state index is 0. The highest BCUT2D eigenvalue weighted by atomic mass is 35.5. The molecule has 5 nitrogen and oxygen atoms in total. The third-order valence-electron chi connectivity index (χ3n) is 3.44. The lowest BCUT2D eigenvalue weighted by atomic mass is 10.2. The predicted molar refractivity (Wildman–Crippen MR) is 86.9 cm³/mol. The van der Waals surface area contributed by atoms with Crippen LogP contribution in [0.4, 0.5) is 0 Å². The Morgan fingerprint density at radius 2 is 2.20 bits per heavy atom. The largest absolute Gasteiger partial charge is 0.383 e. The van der Waals surface area contributed by atoms with Gasteiger partial charge in [0.15, 0.2) is 0 Å². The van der Waals surface area contributed by atoms with Gasteiger partial charge in [-0.3, -0.25) is 9.69 Å². The average molecular weight is 330 g/mol. The van der Waals surface area contributed by atoms with Gasteiger partial charge in [0, 0.05) is 38.7 Å². The third-order valence-corrected chi connectivity index (χ3v) is 3.44. The van der Waals surface area contributed by atoms with Crippen LogP contribution in [0.2, 0.25) is 0 Å². The van der Waals surface area contributed by atoms with E-state index in [1.165, 1.54) is 6.42 Å². The molecule has 1 saturated heterocycles. The summed E-state index contributed by atoms with van der Waals surface area (Å²) in [6.45, 7) is 5.51. The second kappa shape index (κ2) is 12.7. The first-order valence-corrected chi connectivity index (χ1v) is 6.88. The van der Waals surface area contributed by atoms with Gasteiger partial charge >= 0.3 is 0 Å². The van der Waals surface area contributed by atoms with Crippen LogP contribution in [0.3, 0.4) is 0 Å². The summed E-state index contributed by atoms with van der Waals surface area (Å²) in [6, 6.07) is 0.569. The maximum Gasteiger partial charge on any atom is 0.220 e. The average Bonchev–Trinajstić information content (AvgIpc) is 2.78. The van der Waals surface area contributed by atoms with Gasteiger partial charge < -0.3 is 15.8 Å². The first-order valence-electron chi connectivity index (χ1n) is 6.88. The molecule has 1 amide bonds. The van der Waals surface area contributed by atoms with Crippen LogP contribution in [0.5, 0.6) is 0 Å². The van der Waals surface area contributed by atoms with Crippen molar-refractivity contribution in [3.63, 3.8) is 0 Å². The summed E-state index contributed by atoms with van der Waals surface area (Å²) in [4.78, 5) is 14.0. The number of nitrogens with two attached hydrogens (primary N) is 1. The highest BCUT2D eigenvalue weighted by Gasteiger charge is 2.24. The molecule has 0 spiro atoms. The van der Waals surface area contributed by atoms with Gasteiger partial charge in [-0.1, -0.05) is 0 Å². The van der Waals surface area contributed by atoms with Crippen molar-refractivity contribution in [2.24, 2.45) is 5.73 Å². The fourth-order valence-corrected chi connectivity index (χ4v) is 2.31. The summed E-state index contributed by atoms with van der Waals surface area (Å²) in [5, 5.41) is 3.01. The van der Waals surface area contributed by atoms with E-state index in [2.05, 4.69) is 10.2 Å². The van der Waals surface area contributed by atoms with Crippen LogP contribution in [0.1, 0.15) is 32.6 Å². The van der Waals surface area contributed by atoms with Crippen LogP contribution in [-0.2, 0) is 9.53 Å². The lowest BCUT2D eigenvalue weighted by molar-refractivity contribution is -0.121. The monoisotopic (exact) mass is 329 g/mol. The van der Waals surface area contributed by atoms with Crippen molar-refractivity contribution >= 4 is 30.7 Å². The van der Waals surface area contributed by atoms with Gasteiger partial charge in [0.25, 0.3) is 0 Å².